The standard InChI is InChI=1S/C42H41ClN4O5/c1-26-33(5-3-7-36(26)37-8-4-6-35(27(37)2)31-11-9-30(10-12-31)32-13-14-45-21-32)25-52-41-17-40(51-24-29-15-28(18-44)19-46-20-29)34(16-38(41)43)22-47-39(23-48)42(49)50/h3-12,15-17,19-20,32,39,45,47-48H,13-14,21-25H2,1-2H3,(H,49,50)/t32?,39-/m0/s1. The van der Waals surface area contributed by atoms with Gasteiger partial charge in [0.15, 0.2) is 0 Å². The fourth-order valence-electron chi connectivity index (χ4n) is 6.61. The third-order valence-corrected chi connectivity index (χ3v) is 9.95. The van der Waals surface area contributed by atoms with Crippen molar-refractivity contribution < 1.29 is 24.5 Å². The number of carboxylic acids is 1. The van der Waals surface area contributed by atoms with Gasteiger partial charge in [-0.15, -0.1) is 0 Å². The topological polar surface area (TPSA) is 137 Å². The van der Waals surface area contributed by atoms with Crippen LogP contribution in [0.1, 0.15) is 51.3 Å². The summed E-state index contributed by atoms with van der Waals surface area (Å²) in [5.74, 6) is 0.191. The maximum absolute atomic E-state index is 11.5. The molecule has 4 N–H and O–H groups in total. The summed E-state index contributed by atoms with van der Waals surface area (Å²) in [5, 5.41) is 34.8. The summed E-state index contributed by atoms with van der Waals surface area (Å²) in [6.45, 7) is 6.20. The fraction of sp³-hybridized carbons (Fsp3) is 0.262. The van der Waals surface area contributed by atoms with Crippen LogP contribution in [0.25, 0.3) is 22.3 Å². The van der Waals surface area contributed by atoms with E-state index in [2.05, 4.69) is 84.1 Å². The number of nitrogens with zero attached hydrogens (tertiary/aromatic N) is 2. The number of halogens is 1. The number of rotatable bonds is 14. The quantitative estimate of drug-likeness (QED) is 0.0931. The first-order valence-corrected chi connectivity index (χ1v) is 17.6. The molecule has 1 saturated heterocycles. The van der Waals surface area contributed by atoms with Gasteiger partial charge in [0.25, 0.3) is 0 Å². The molecular weight excluding hydrogens is 676 g/mol. The molecule has 1 aliphatic rings. The Morgan fingerprint density at radius 2 is 1.69 bits per heavy atom. The Bertz CT molecular complexity index is 2090. The van der Waals surface area contributed by atoms with Crippen molar-refractivity contribution in [3.63, 3.8) is 0 Å². The first-order valence-electron chi connectivity index (χ1n) is 17.2. The number of carbonyl (C=O) groups is 1. The van der Waals surface area contributed by atoms with E-state index in [1.54, 1.807) is 24.4 Å². The second-order valence-corrected chi connectivity index (χ2v) is 13.4. The van der Waals surface area contributed by atoms with Crippen molar-refractivity contribution in [3.8, 4) is 39.8 Å². The maximum Gasteiger partial charge on any atom is 0.323 e. The minimum atomic E-state index is -1.18. The molecule has 266 valence electrons. The highest BCUT2D eigenvalue weighted by Crippen LogP contribution is 2.37. The molecule has 0 spiro atoms. The molecule has 0 amide bonds. The number of aromatic nitrogens is 1. The van der Waals surface area contributed by atoms with Crippen LogP contribution in [0, 0.1) is 25.2 Å². The molecule has 0 saturated carbocycles. The van der Waals surface area contributed by atoms with Gasteiger partial charge in [-0.2, -0.15) is 5.26 Å². The van der Waals surface area contributed by atoms with Crippen LogP contribution < -0.4 is 20.1 Å². The Hall–Kier alpha value is -5.24. The Kier molecular flexibility index (Phi) is 11.8. The molecule has 1 fully saturated rings. The summed E-state index contributed by atoms with van der Waals surface area (Å²) in [5.41, 5.74) is 11.0. The van der Waals surface area contributed by atoms with E-state index in [4.69, 9.17) is 21.1 Å². The Morgan fingerprint density at radius 3 is 2.40 bits per heavy atom. The van der Waals surface area contributed by atoms with Gasteiger partial charge in [-0.25, -0.2) is 0 Å². The van der Waals surface area contributed by atoms with Crippen LogP contribution in [-0.2, 0) is 24.6 Å². The van der Waals surface area contributed by atoms with E-state index in [1.807, 2.05) is 12.1 Å². The van der Waals surface area contributed by atoms with E-state index in [-0.39, 0.29) is 19.8 Å². The van der Waals surface area contributed by atoms with E-state index in [0.29, 0.717) is 39.1 Å². The first-order chi connectivity index (χ1) is 25.2. The number of nitrogens with one attached hydrogen (secondary N) is 2. The lowest BCUT2D eigenvalue weighted by Crippen LogP contribution is -2.39. The van der Waals surface area contributed by atoms with Crippen LogP contribution in [0.5, 0.6) is 11.5 Å². The Balaban J connectivity index is 1.23. The van der Waals surface area contributed by atoms with Crippen molar-refractivity contribution in [3.05, 3.63) is 135 Å². The van der Waals surface area contributed by atoms with Crippen molar-refractivity contribution in [1.82, 2.24) is 15.6 Å². The monoisotopic (exact) mass is 716 g/mol. The van der Waals surface area contributed by atoms with E-state index in [0.717, 1.165) is 35.3 Å². The molecule has 10 heteroatoms. The smallest absolute Gasteiger partial charge is 0.323 e. The van der Waals surface area contributed by atoms with Gasteiger partial charge in [0.2, 0.25) is 0 Å². The first kappa shape index (κ1) is 36.5. The highest BCUT2D eigenvalue weighted by molar-refractivity contribution is 6.32. The van der Waals surface area contributed by atoms with Gasteiger partial charge in [-0.1, -0.05) is 72.3 Å². The molecule has 0 aliphatic carbocycles. The molecule has 0 bridgehead atoms. The van der Waals surface area contributed by atoms with E-state index >= 15 is 0 Å². The Morgan fingerprint density at radius 1 is 0.962 bits per heavy atom. The van der Waals surface area contributed by atoms with Gasteiger partial charge in [-0.05, 0) is 89.4 Å². The predicted molar refractivity (Wildman–Crippen MR) is 201 cm³/mol. The van der Waals surface area contributed by atoms with Gasteiger partial charge in [0, 0.05) is 42.7 Å². The summed E-state index contributed by atoms with van der Waals surface area (Å²) >= 11 is 6.72. The number of carboxylic acid groups (broad SMARTS) is 1. The average molecular weight is 717 g/mol. The second-order valence-electron chi connectivity index (χ2n) is 13.0. The molecule has 2 heterocycles. The van der Waals surface area contributed by atoms with Gasteiger partial charge in [0.1, 0.15) is 36.8 Å². The normalized spacial score (nSPS) is 14.5. The summed E-state index contributed by atoms with van der Waals surface area (Å²) in [6, 6.07) is 27.6. The zero-order valence-corrected chi connectivity index (χ0v) is 29.9. The Labute approximate surface area is 308 Å². The molecule has 0 radical (unpaired) electrons. The molecule has 1 unspecified atom stereocenters. The van der Waals surface area contributed by atoms with Gasteiger partial charge in [0.05, 0.1) is 17.2 Å². The number of hydrogen-bond donors (Lipinski definition) is 4. The third-order valence-electron chi connectivity index (χ3n) is 9.66. The van der Waals surface area contributed by atoms with Crippen molar-refractivity contribution in [1.29, 1.82) is 5.26 Å². The molecule has 1 aromatic heterocycles. The molecule has 9 nitrogen and oxygen atoms in total. The van der Waals surface area contributed by atoms with Crippen LogP contribution in [-0.4, -0.2) is 46.9 Å². The lowest BCUT2D eigenvalue weighted by molar-refractivity contribution is -0.140. The maximum atomic E-state index is 11.5. The minimum absolute atomic E-state index is 0.0606. The minimum Gasteiger partial charge on any atom is -0.488 e. The molecule has 1 aliphatic heterocycles. The number of hydrogen-bond acceptors (Lipinski definition) is 8. The highest BCUT2D eigenvalue weighted by atomic mass is 35.5. The zero-order chi connectivity index (χ0) is 36.6. The van der Waals surface area contributed by atoms with E-state index in [1.165, 1.54) is 34.9 Å². The number of benzene rings is 4. The molecule has 4 aromatic carbocycles. The van der Waals surface area contributed by atoms with E-state index in [9.17, 15) is 20.3 Å². The third kappa shape index (κ3) is 8.44. The molecule has 2 atom stereocenters. The molecule has 6 rings (SSSR count). The zero-order valence-electron chi connectivity index (χ0n) is 29.2. The van der Waals surface area contributed by atoms with Crippen molar-refractivity contribution in [2.45, 2.75) is 52.0 Å². The van der Waals surface area contributed by atoms with Crippen LogP contribution >= 0.6 is 11.6 Å². The molecular formula is C42H41ClN4O5. The second kappa shape index (κ2) is 16.9. The van der Waals surface area contributed by atoms with Crippen LogP contribution in [0.4, 0.5) is 0 Å². The largest absolute Gasteiger partial charge is 0.488 e. The highest BCUT2D eigenvalue weighted by Gasteiger charge is 2.20. The van der Waals surface area contributed by atoms with Crippen LogP contribution in [0.3, 0.4) is 0 Å². The summed E-state index contributed by atoms with van der Waals surface area (Å²) in [7, 11) is 0. The lowest BCUT2D eigenvalue weighted by Gasteiger charge is -2.19. The number of aliphatic hydroxyl groups excluding tert-OH is 1. The fourth-order valence-corrected chi connectivity index (χ4v) is 6.85. The number of pyridine rings is 1. The lowest BCUT2D eigenvalue weighted by atomic mass is 9.89. The number of nitriles is 1. The molecule has 52 heavy (non-hydrogen) atoms. The number of aliphatic hydroxyl groups is 1. The van der Waals surface area contributed by atoms with Crippen LogP contribution in [0.2, 0.25) is 5.02 Å². The number of aliphatic carboxylic acids is 1. The SMILES string of the molecule is Cc1c(COc2cc(OCc3cncc(C#N)c3)c(CN[C@@H](CO)C(=O)O)cc2Cl)cccc1-c1cccc(-c2ccc(C3CCNC3)cc2)c1C. The molecule has 5 aromatic rings. The van der Waals surface area contributed by atoms with Crippen LogP contribution in [0.15, 0.2) is 91.3 Å². The van der Waals surface area contributed by atoms with Gasteiger partial charge < -0.3 is 25.0 Å². The van der Waals surface area contributed by atoms with Crippen molar-refractivity contribution >= 4 is 17.6 Å². The van der Waals surface area contributed by atoms with Crippen molar-refractivity contribution in [2.75, 3.05) is 19.7 Å². The summed E-state index contributed by atoms with van der Waals surface area (Å²) < 4.78 is 12.5. The predicted octanol–water partition coefficient (Wildman–Crippen LogP) is 7.33. The average Bonchev–Trinajstić information content (AvgIpc) is 3.70. The number of ether oxygens (including phenoxy) is 2. The van der Waals surface area contributed by atoms with E-state index < -0.39 is 18.6 Å². The van der Waals surface area contributed by atoms with Gasteiger partial charge in [-0.3, -0.25) is 15.1 Å². The summed E-state index contributed by atoms with van der Waals surface area (Å²) in [6.07, 6.45) is 4.25. The summed E-state index contributed by atoms with van der Waals surface area (Å²) in [4.78, 5) is 15.6. The van der Waals surface area contributed by atoms with Gasteiger partial charge >= 0.3 is 5.97 Å². The van der Waals surface area contributed by atoms with Crippen molar-refractivity contribution in [2.24, 2.45) is 0 Å².